The van der Waals surface area contributed by atoms with E-state index in [9.17, 15) is 9.59 Å². The fraction of sp³-hybridized carbons (Fsp3) is 0.531. The molecule has 236 valence electrons. The van der Waals surface area contributed by atoms with E-state index in [1.165, 1.54) is 6.08 Å². The number of nitrogens with zero attached hydrogens (tertiary/aromatic N) is 6. The Kier molecular flexibility index (Phi) is 10.2. The molecule has 1 saturated carbocycles. The number of amides is 2. The smallest absolute Gasteiger partial charge is 0.243 e. The lowest BCUT2D eigenvalue weighted by molar-refractivity contribution is -0.137. The van der Waals surface area contributed by atoms with Gasteiger partial charge in [0.05, 0.1) is 19.9 Å². The van der Waals surface area contributed by atoms with E-state index >= 15 is 0 Å². The number of carbonyl (C=O) groups excluding carboxylic acids is 2. The van der Waals surface area contributed by atoms with Gasteiger partial charge in [0.1, 0.15) is 11.3 Å². The van der Waals surface area contributed by atoms with Gasteiger partial charge in [-0.05, 0) is 50.2 Å². The molecule has 3 aromatic rings. The lowest BCUT2D eigenvalue weighted by Gasteiger charge is -2.39. The molecule has 0 unspecified atom stereocenters. The van der Waals surface area contributed by atoms with Crippen LogP contribution in [-0.2, 0) is 16.1 Å². The van der Waals surface area contributed by atoms with Crippen molar-refractivity contribution in [3.8, 4) is 5.75 Å². The van der Waals surface area contributed by atoms with Gasteiger partial charge in [-0.2, -0.15) is 10.1 Å². The number of fused-ring (bicyclic) bond motifs is 1. The first-order chi connectivity index (χ1) is 21.4. The Labute approximate surface area is 259 Å². The summed E-state index contributed by atoms with van der Waals surface area (Å²) in [6.07, 6.45) is 8.99. The number of unbranched alkanes of at least 4 members (excludes halogenated alkanes) is 1. The highest BCUT2D eigenvalue weighted by Crippen LogP contribution is 2.31. The molecule has 2 aliphatic rings. The maximum absolute atomic E-state index is 13.3. The van der Waals surface area contributed by atoms with Gasteiger partial charge >= 0.3 is 0 Å². The van der Waals surface area contributed by atoms with Crippen LogP contribution in [0.3, 0.4) is 0 Å². The highest BCUT2D eigenvalue weighted by Gasteiger charge is 2.31. The summed E-state index contributed by atoms with van der Waals surface area (Å²) in [6.45, 7) is 10.6. The lowest BCUT2D eigenvalue weighted by atomic mass is 9.81. The molecule has 2 amide bonds. The summed E-state index contributed by atoms with van der Waals surface area (Å²) in [5, 5.41) is 11.0. The van der Waals surface area contributed by atoms with Crippen molar-refractivity contribution in [1.29, 1.82) is 0 Å². The predicted octanol–water partition coefficient (Wildman–Crippen LogP) is 3.43. The first-order valence-corrected chi connectivity index (χ1v) is 15.7. The zero-order chi connectivity index (χ0) is 31.1. The Morgan fingerprint density at radius 1 is 1.14 bits per heavy atom. The van der Waals surface area contributed by atoms with E-state index < -0.39 is 0 Å². The van der Waals surface area contributed by atoms with Crippen molar-refractivity contribution in [2.24, 2.45) is 11.8 Å². The molecular formula is C32H45N9O3. The number of nitrogen functional groups attached to an aromatic ring is 1. The standard InChI is InChI=1S/C32H45N9O3/c1-4-6-13-34-30-29-26(36-32(33)37-30)21-41(38-29)20-24-11-12-25(18-27(24)44-3)39-14-16-40(17-15-39)31(43)23-9-7-22(8-10-23)19-35-28(42)5-2/h5,11-12,18,21-23H,2,4,6-10,13-17,19-20H2,1,3H3,(H,35,42)(H3,33,34,36,37)/t22-,23-. The van der Waals surface area contributed by atoms with Crippen LogP contribution < -0.4 is 26.0 Å². The van der Waals surface area contributed by atoms with Gasteiger partial charge in [-0.1, -0.05) is 26.0 Å². The molecule has 0 bridgehead atoms. The van der Waals surface area contributed by atoms with Crippen LogP contribution in [0.1, 0.15) is 51.0 Å². The summed E-state index contributed by atoms with van der Waals surface area (Å²) >= 11 is 0. The van der Waals surface area contributed by atoms with Gasteiger partial charge in [-0.15, -0.1) is 0 Å². The van der Waals surface area contributed by atoms with Gasteiger partial charge in [0.25, 0.3) is 0 Å². The monoisotopic (exact) mass is 603 g/mol. The predicted molar refractivity (Wildman–Crippen MR) is 173 cm³/mol. The average Bonchev–Trinajstić information content (AvgIpc) is 3.46. The van der Waals surface area contributed by atoms with Crippen molar-refractivity contribution in [3.63, 3.8) is 0 Å². The van der Waals surface area contributed by atoms with Crippen LogP contribution in [0.5, 0.6) is 5.75 Å². The molecule has 0 atom stereocenters. The summed E-state index contributed by atoms with van der Waals surface area (Å²) in [5.74, 6) is 2.31. The number of ether oxygens (including phenoxy) is 1. The number of nitrogens with two attached hydrogens (primary N) is 1. The van der Waals surface area contributed by atoms with Gasteiger partial charge < -0.3 is 30.9 Å². The van der Waals surface area contributed by atoms with Crippen molar-refractivity contribution in [2.45, 2.75) is 52.0 Å². The highest BCUT2D eigenvalue weighted by atomic mass is 16.5. The summed E-state index contributed by atoms with van der Waals surface area (Å²) in [7, 11) is 1.68. The zero-order valence-electron chi connectivity index (χ0n) is 25.9. The SMILES string of the molecule is C=CC(=O)NC[C@H]1CC[C@H](C(=O)N2CCN(c3ccc(Cn4cc5nc(N)nc(NCCCC)c5n4)c(OC)c3)CC2)CC1. The van der Waals surface area contributed by atoms with Gasteiger partial charge in [0, 0.05) is 62.5 Å². The van der Waals surface area contributed by atoms with Gasteiger partial charge in [0.2, 0.25) is 17.8 Å². The first kappa shape index (κ1) is 31.1. The van der Waals surface area contributed by atoms with Crippen molar-refractivity contribution in [3.05, 3.63) is 42.6 Å². The minimum absolute atomic E-state index is 0.0804. The second-order valence-electron chi connectivity index (χ2n) is 11.7. The highest BCUT2D eigenvalue weighted by molar-refractivity contribution is 5.87. The Morgan fingerprint density at radius 2 is 1.91 bits per heavy atom. The molecule has 12 heteroatoms. The number of anilines is 3. The Bertz CT molecular complexity index is 1460. The zero-order valence-corrected chi connectivity index (χ0v) is 25.9. The molecular weight excluding hydrogens is 558 g/mol. The molecule has 44 heavy (non-hydrogen) atoms. The van der Waals surface area contributed by atoms with E-state index in [2.05, 4.69) is 57.2 Å². The number of nitrogens with one attached hydrogen (secondary N) is 2. The number of carbonyl (C=O) groups is 2. The molecule has 0 radical (unpaired) electrons. The quantitative estimate of drug-likeness (QED) is 0.210. The maximum Gasteiger partial charge on any atom is 0.243 e. The Hall–Kier alpha value is -4.35. The molecule has 3 heterocycles. The summed E-state index contributed by atoms with van der Waals surface area (Å²) < 4.78 is 7.64. The summed E-state index contributed by atoms with van der Waals surface area (Å²) in [6, 6.07) is 6.26. The lowest BCUT2D eigenvalue weighted by Crippen LogP contribution is -2.50. The topological polar surface area (TPSA) is 144 Å². The van der Waals surface area contributed by atoms with Crippen LogP contribution in [0.4, 0.5) is 17.5 Å². The first-order valence-electron chi connectivity index (χ1n) is 15.7. The van der Waals surface area contributed by atoms with Crippen LogP contribution >= 0.6 is 0 Å². The fourth-order valence-corrected chi connectivity index (χ4v) is 6.17. The van der Waals surface area contributed by atoms with Crippen molar-refractivity contribution >= 4 is 40.3 Å². The normalized spacial score (nSPS) is 18.7. The van der Waals surface area contributed by atoms with Crippen LogP contribution in [-0.4, -0.2) is 82.8 Å². The maximum atomic E-state index is 13.3. The van der Waals surface area contributed by atoms with E-state index in [4.69, 9.17) is 15.6 Å². The van der Waals surface area contributed by atoms with Crippen molar-refractivity contribution < 1.29 is 14.3 Å². The number of rotatable bonds is 12. The van der Waals surface area contributed by atoms with Crippen LogP contribution in [0.15, 0.2) is 37.1 Å². The summed E-state index contributed by atoms with van der Waals surface area (Å²) in [5.41, 5.74) is 9.43. The van der Waals surface area contributed by atoms with E-state index in [0.717, 1.165) is 75.2 Å². The summed E-state index contributed by atoms with van der Waals surface area (Å²) in [4.78, 5) is 37.8. The molecule has 12 nitrogen and oxygen atoms in total. The molecule has 1 aliphatic carbocycles. The molecule has 2 fully saturated rings. The number of methoxy groups -OCH3 is 1. The second kappa shape index (κ2) is 14.4. The van der Waals surface area contributed by atoms with Gasteiger partial charge in [0.15, 0.2) is 11.3 Å². The molecule has 1 aromatic carbocycles. The minimum atomic E-state index is -0.134. The van der Waals surface area contributed by atoms with E-state index in [0.29, 0.717) is 48.9 Å². The van der Waals surface area contributed by atoms with Crippen molar-refractivity contribution in [1.82, 2.24) is 30.0 Å². The molecule has 2 aromatic heterocycles. The van der Waals surface area contributed by atoms with Crippen LogP contribution in [0.2, 0.25) is 0 Å². The van der Waals surface area contributed by atoms with Crippen LogP contribution in [0.25, 0.3) is 11.0 Å². The molecule has 4 N–H and O–H groups in total. The number of benzene rings is 1. The van der Waals surface area contributed by atoms with E-state index in [1.54, 1.807) is 7.11 Å². The number of piperazine rings is 1. The van der Waals surface area contributed by atoms with Gasteiger partial charge in [-0.25, -0.2) is 4.98 Å². The Morgan fingerprint density at radius 3 is 2.61 bits per heavy atom. The third kappa shape index (κ3) is 7.40. The van der Waals surface area contributed by atoms with Gasteiger partial charge in [-0.3, -0.25) is 14.3 Å². The third-order valence-electron chi connectivity index (χ3n) is 8.76. The van der Waals surface area contributed by atoms with Crippen molar-refractivity contribution in [2.75, 3.05) is 62.3 Å². The average molecular weight is 604 g/mol. The Balaban J connectivity index is 1.16. The second-order valence-corrected chi connectivity index (χ2v) is 11.7. The molecule has 0 spiro atoms. The molecule has 5 rings (SSSR count). The number of hydrogen-bond donors (Lipinski definition) is 3. The largest absolute Gasteiger partial charge is 0.496 e. The minimum Gasteiger partial charge on any atom is -0.496 e. The molecule has 1 saturated heterocycles. The fourth-order valence-electron chi connectivity index (χ4n) is 6.17. The third-order valence-corrected chi connectivity index (χ3v) is 8.76. The van der Waals surface area contributed by atoms with Crippen LogP contribution in [0, 0.1) is 11.8 Å². The van der Waals surface area contributed by atoms with E-state index in [1.807, 2.05) is 15.8 Å². The number of hydrogen-bond acceptors (Lipinski definition) is 9. The molecule has 1 aliphatic heterocycles. The van der Waals surface area contributed by atoms with E-state index in [-0.39, 0.29) is 23.7 Å². The number of aromatic nitrogens is 4.